The average molecular weight is 295 g/mol. The summed E-state index contributed by atoms with van der Waals surface area (Å²) in [5, 5.41) is 12.2. The zero-order valence-electron chi connectivity index (χ0n) is 12.9. The number of rotatable bonds is 8. The summed E-state index contributed by atoms with van der Waals surface area (Å²) in [6, 6.07) is 9.99. The Hall–Kier alpha value is -2.80. The van der Waals surface area contributed by atoms with Crippen LogP contribution in [0.3, 0.4) is 0 Å². The van der Waals surface area contributed by atoms with Gasteiger partial charge in [-0.2, -0.15) is 5.26 Å². The minimum absolute atomic E-state index is 0.0656. The molecule has 1 N–H and O–H groups in total. The van der Waals surface area contributed by atoms with Crippen molar-refractivity contribution in [3.8, 4) is 6.07 Å². The average Bonchev–Trinajstić information content (AvgIpc) is 2.52. The Morgan fingerprint density at radius 3 is 2.36 bits per heavy atom. The number of nitrogens with one attached hydrogen (secondary N) is 1. The van der Waals surface area contributed by atoms with E-state index in [1.807, 2.05) is 37.3 Å². The smallest absolute Gasteiger partial charge is 0.266 e. The highest BCUT2D eigenvalue weighted by Crippen LogP contribution is 2.04. The van der Waals surface area contributed by atoms with Crippen LogP contribution in [-0.2, 0) is 11.3 Å². The topological polar surface area (TPSA) is 56.1 Å². The van der Waals surface area contributed by atoms with Gasteiger partial charge in [-0.1, -0.05) is 42.0 Å². The third-order valence-corrected chi connectivity index (χ3v) is 3.01. The lowest BCUT2D eigenvalue weighted by atomic mass is 10.1. The van der Waals surface area contributed by atoms with Crippen molar-refractivity contribution in [2.45, 2.75) is 13.5 Å². The van der Waals surface area contributed by atoms with E-state index in [-0.39, 0.29) is 11.5 Å². The van der Waals surface area contributed by atoms with Gasteiger partial charge in [0.25, 0.3) is 5.91 Å². The van der Waals surface area contributed by atoms with Crippen molar-refractivity contribution in [1.29, 1.82) is 5.26 Å². The van der Waals surface area contributed by atoms with Gasteiger partial charge < -0.3 is 10.2 Å². The second-order valence-corrected chi connectivity index (χ2v) is 4.82. The zero-order valence-corrected chi connectivity index (χ0v) is 12.9. The molecule has 0 aliphatic rings. The molecule has 114 valence electrons. The van der Waals surface area contributed by atoms with Gasteiger partial charge in [-0.3, -0.25) is 4.79 Å². The summed E-state index contributed by atoms with van der Waals surface area (Å²) in [5.41, 5.74) is 2.34. The van der Waals surface area contributed by atoms with Crippen molar-refractivity contribution in [2.24, 2.45) is 0 Å². The van der Waals surface area contributed by atoms with Crippen molar-refractivity contribution >= 4 is 5.91 Å². The zero-order chi connectivity index (χ0) is 16.4. The molecule has 0 spiro atoms. The minimum atomic E-state index is -0.335. The van der Waals surface area contributed by atoms with Crippen LogP contribution in [-0.4, -0.2) is 23.9 Å². The summed E-state index contributed by atoms with van der Waals surface area (Å²) in [4.78, 5) is 13.7. The van der Waals surface area contributed by atoms with Gasteiger partial charge >= 0.3 is 0 Å². The second kappa shape index (κ2) is 9.19. The maximum Gasteiger partial charge on any atom is 0.266 e. The number of nitriles is 1. The lowest BCUT2D eigenvalue weighted by Crippen LogP contribution is -2.32. The molecule has 0 heterocycles. The third-order valence-electron chi connectivity index (χ3n) is 3.01. The third kappa shape index (κ3) is 5.29. The molecular weight excluding hydrogens is 274 g/mol. The van der Waals surface area contributed by atoms with Gasteiger partial charge in [-0.25, -0.2) is 0 Å². The molecule has 0 saturated heterocycles. The summed E-state index contributed by atoms with van der Waals surface area (Å²) in [7, 11) is 0. The normalized spacial score (nSPS) is 10.5. The van der Waals surface area contributed by atoms with Crippen molar-refractivity contribution in [3.63, 3.8) is 0 Å². The molecule has 0 atom stereocenters. The number of amides is 1. The number of carbonyl (C=O) groups is 1. The van der Waals surface area contributed by atoms with Crippen molar-refractivity contribution in [3.05, 3.63) is 72.5 Å². The Morgan fingerprint density at radius 2 is 1.86 bits per heavy atom. The molecule has 0 radical (unpaired) electrons. The van der Waals surface area contributed by atoms with E-state index in [4.69, 9.17) is 5.26 Å². The number of benzene rings is 1. The van der Waals surface area contributed by atoms with Crippen LogP contribution in [0, 0.1) is 18.3 Å². The molecule has 1 aromatic carbocycles. The molecule has 0 aliphatic carbocycles. The fourth-order valence-electron chi connectivity index (χ4n) is 1.84. The predicted molar refractivity (Wildman–Crippen MR) is 88.7 cm³/mol. The van der Waals surface area contributed by atoms with Crippen LogP contribution in [0.2, 0.25) is 0 Å². The first kappa shape index (κ1) is 17.3. The molecule has 22 heavy (non-hydrogen) atoms. The number of nitrogens with zero attached hydrogens (tertiary/aromatic N) is 2. The molecule has 0 fully saturated rings. The van der Waals surface area contributed by atoms with Crippen LogP contribution in [0.4, 0.5) is 0 Å². The highest BCUT2D eigenvalue weighted by molar-refractivity contribution is 5.97. The molecule has 0 aliphatic heterocycles. The maximum atomic E-state index is 12.2. The van der Waals surface area contributed by atoms with E-state index < -0.39 is 0 Å². The molecule has 1 rings (SSSR count). The quantitative estimate of drug-likeness (QED) is 0.456. The molecule has 4 nitrogen and oxygen atoms in total. The molecule has 0 saturated carbocycles. The van der Waals surface area contributed by atoms with Crippen LogP contribution < -0.4 is 5.32 Å². The van der Waals surface area contributed by atoms with Gasteiger partial charge in [-0.05, 0) is 12.5 Å². The van der Waals surface area contributed by atoms with Crippen LogP contribution >= 0.6 is 0 Å². The van der Waals surface area contributed by atoms with Gasteiger partial charge in [0.2, 0.25) is 0 Å². The summed E-state index contributed by atoms with van der Waals surface area (Å²) in [5.74, 6) is -0.335. The van der Waals surface area contributed by atoms with E-state index in [2.05, 4.69) is 18.5 Å². The van der Waals surface area contributed by atoms with Crippen LogP contribution in [0.1, 0.15) is 11.1 Å². The van der Waals surface area contributed by atoms with E-state index in [1.165, 1.54) is 16.7 Å². The highest BCUT2D eigenvalue weighted by Gasteiger charge is 2.15. The minimum Gasteiger partial charge on any atom is -0.386 e. The molecule has 0 aromatic heterocycles. The monoisotopic (exact) mass is 295 g/mol. The first-order chi connectivity index (χ1) is 10.6. The molecular formula is C18H21N3O. The Labute approximate surface area is 132 Å². The second-order valence-electron chi connectivity index (χ2n) is 4.82. The summed E-state index contributed by atoms with van der Waals surface area (Å²) >= 11 is 0. The van der Waals surface area contributed by atoms with Crippen molar-refractivity contribution in [1.82, 2.24) is 10.2 Å². The first-order valence-corrected chi connectivity index (χ1v) is 7.02. The molecule has 0 unspecified atom stereocenters. The predicted octanol–water partition coefficient (Wildman–Crippen LogP) is 2.69. The van der Waals surface area contributed by atoms with Crippen molar-refractivity contribution < 1.29 is 4.79 Å². The Bertz CT molecular complexity index is 584. The first-order valence-electron chi connectivity index (χ1n) is 7.02. The number of hydrogen-bond donors (Lipinski definition) is 1. The van der Waals surface area contributed by atoms with Gasteiger partial charge in [0, 0.05) is 25.8 Å². The van der Waals surface area contributed by atoms with E-state index in [1.54, 1.807) is 12.2 Å². The fourth-order valence-corrected chi connectivity index (χ4v) is 1.84. The van der Waals surface area contributed by atoms with Crippen LogP contribution in [0.25, 0.3) is 0 Å². The fraction of sp³-hybridized carbons (Fsp3) is 0.222. The Balaban J connectivity index is 2.70. The van der Waals surface area contributed by atoms with Crippen LogP contribution in [0.5, 0.6) is 0 Å². The number of hydrogen-bond acceptors (Lipinski definition) is 3. The summed E-state index contributed by atoms with van der Waals surface area (Å²) in [6.07, 6.45) is 4.70. The van der Waals surface area contributed by atoms with Crippen molar-refractivity contribution in [2.75, 3.05) is 13.1 Å². The molecule has 0 bridgehead atoms. The van der Waals surface area contributed by atoms with Crippen LogP contribution in [0.15, 0.2) is 61.3 Å². The van der Waals surface area contributed by atoms with E-state index in [0.29, 0.717) is 19.6 Å². The highest BCUT2D eigenvalue weighted by atomic mass is 16.2. The standard InChI is InChI=1S/C18H21N3O/c1-4-10-21(11-5-2)18(22)17(12-19)14-20-13-16-8-6-15(3)7-9-16/h4-9,14,20H,1-2,10-11,13H2,3H3/b17-14-. The number of carbonyl (C=O) groups excluding carboxylic acids is 1. The summed E-state index contributed by atoms with van der Waals surface area (Å²) in [6.45, 7) is 10.6. The van der Waals surface area contributed by atoms with Gasteiger partial charge in [-0.15, -0.1) is 13.2 Å². The van der Waals surface area contributed by atoms with E-state index >= 15 is 0 Å². The SMILES string of the molecule is C=CCN(CC=C)C(=O)/C(C#N)=C\NCc1ccc(C)cc1. The largest absolute Gasteiger partial charge is 0.386 e. The molecule has 1 amide bonds. The van der Waals surface area contributed by atoms with Gasteiger partial charge in [0.05, 0.1) is 0 Å². The van der Waals surface area contributed by atoms with E-state index in [9.17, 15) is 4.79 Å². The van der Waals surface area contributed by atoms with Gasteiger partial charge in [0.15, 0.2) is 0 Å². The maximum absolute atomic E-state index is 12.2. The Kier molecular flexibility index (Phi) is 7.21. The van der Waals surface area contributed by atoms with E-state index in [0.717, 1.165) is 5.56 Å². The molecule has 4 heteroatoms. The Morgan fingerprint density at radius 1 is 1.27 bits per heavy atom. The lowest BCUT2D eigenvalue weighted by Gasteiger charge is -2.18. The lowest BCUT2D eigenvalue weighted by molar-refractivity contribution is -0.125. The van der Waals surface area contributed by atoms with Gasteiger partial charge in [0.1, 0.15) is 11.6 Å². The number of aryl methyl sites for hydroxylation is 1. The summed E-state index contributed by atoms with van der Waals surface area (Å²) < 4.78 is 0. The molecule has 1 aromatic rings.